The molecule has 0 aliphatic carbocycles. The number of rotatable bonds is 8. The second kappa shape index (κ2) is 10.9. The molecule has 0 fully saturated rings. The van der Waals surface area contributed by atoms with Crippen LogP contribution in [0.15, 0.2) is 60.7 Å². The monoisotopic (exact) mass is 481 g/mol. The standard InChI is InChI=1S/C24H17ClFN3O5/c1-33-22-12-15(10-17(13-27)16-2-8-20(9-3-16)29(31)32)11-21(25)24(22)34-14-23(30)28-19-6-4-18(26)5-7-19/h2-12H,14H2,1H3,(H,28,30)/b17-10-. The average molecular weight is 482 g/mol. The van der Waals surface area contributed by atoms with Crippen LogP contribution in [0.1, 0.15) is 11.1 Å². The van der Waals surface area contributed by atoms with Gasteiger partial charge >= 0.3 is 0 Å². The highest BCUT2D eigenvalue weighted by Gasteiger charge is 2.15. The molecule has 0 aromatic heterocycles. The molecule has 0 radical (unpaired) electrons. The Kier molecular flexibility index (Phi) is 7.79. The lowest BCUT2D eigenvalue weighted by atomic mass is 10.0. The zero-order valence-electron chi connectivity index (χ0n) is 17.7. The highest BCUT2D eigenvalue weighted by Crippen LogP contribution is 2.37. The van der Waals surface area contributed by atoms with Crippen LogP contribution in [0.5, 0.6) is 11.5 Å². The smallest absolute Gasteiger partial charge is 0.269 e. The van der Waals surface area contributed by atoms with Crippen molar-refractivity contribution >= 4 is 40.5 Å². The van der Waals surface area contributed by atoms with E-state index in [0.717, 1.165) is 0 Å². The molecular weight excluding hydrogens is 465 g/mol. The predicted octanol–water partition coefficient (Wildman–Crippen LogP) is 5.48. The summed E-state index contributed by atoms with van der Waals surface area (Å²) in [6.07, 6.45) is 1.54. The second-order valence-corrected chi connectivity index (χ2v) is 7.26. The minimum absolute atomic E-state index is 0.0873. The summed E-state index contributed by atoms with van der Waals surface area (Å²) in [5.41, 5.74) is 1.57. The Morgan fingerprint density at radius 2 is 1.88 bits per heavy atom. The van der Waals surface area contributed by atoms with E-state index in [4.69, 9.17) is 21.1 Å². The van der Waals surface area contributed by atoms with Gasteiger partial charge in [0.2, 0.25) is 0 Å². The predicted molar refractivity (Wildman–Crippen MR) is 125 cm³/mol. The van der Waals surface area contributed by atoms with Crippen molar-refractivity contribution in [1.29, 1.82) is 5.26 Å². The number of hydrogen-bond donors (Lipinski definition) is 1. The Balaban J connectivity index is 1.78. The van der Waals surface area contributed by atoms with Gasteiger partial charge < -0.3 is 14.8 Å². The average Bonchev–Trinajstić information content (AvgIpc) is 2.83. The maximum atomic E-state index is 13.0. The first kappa shape index (κ1) is 24.2. The number of nitriles is 1. The Morgan fingerprint density at radius 3 is 2.47 bits per heavy atom. The topological polar surface area (TPSA) is 114 Å². The number of nitro benzene ring substituents is 1. The van der Waals surface area contributed by atoms with Gasteiger partial charge in [0.25, 0.3) is 11.6 Å². The van der Waals surface area contributed by atoms with Gasteiger partial charge in [-0.25, -0.2) is 4.39 Å². The van der Waals surface area contributed by atoms with Gasteiger partial charge in [-0.15, -0.1) is 0 Å². The molecule has 1 N–H and O–H groups in total. The van der Waals surface area contributed by atoms with Crippen molar-refractivity contribution in [3.05, 3.63) is 92.7 Å². The molecule has 0 aliphatic heterocycles. The first-order chi connectivity index (χ1) is 16.3. The lowest BCUT2D eigenvalue weighted by molar-refractivity contribution is -0.384. The van der Waals surface area contributed by atoms with E-state index < -0.39 is 16.6 Å². The summed E-state index contributed by atoms with van der Waals surface area (Å²) in [5, 5.41) is 23.1. The van der Waals surface area contributed by atoms with Gasteiger partial charge in [-0.05, 0) is 65.7 Å². The summed E-state index contributed by atoms with van der Waals surface area (Å²) in [6, 6.07) is 16.0. The van der Waals surface area contributed by atoms with E-state index in [1.165, 1.54) is 61.7 Å². The zero-order valence-corrected chi connectivity index (χ0v) is 18.5. The van der Waals surface area contributed by atoms with Gasteiger partial charge in [-0.3, -0.25) is 14.9 Å². The van der Waals surface area contributed by atoms with Crippen LogP contribution in [0.2, 0.25) is 5.02 Å². The SMILES string of the molecule is COc1cc(/C=C(/C#N)c2ccc([N+](=O)[O-])cc2)cc(Cl)c1OCC(=O)Nc1ccc(F)cc1. The molecule has 0 saturated carbocycles. The number of nitro groups is 1. The maximum absolute atomic E-state index is 13.0. The van der Waals surface area contributed by atoms with Crippen LogP contribution in [-0.2, 0) is 4.79 Å². The number of hydrogen-bond acceptors (Lipinski definition) is 6. The normalized spacial score (nSPS) is 10.8. The van der Waals surface area contributed by atoms with Crippen LogP contribution >= 0.6 is 11.6 Å². The third-order valence-electron chi connectivity index (χ3n) is 4.55. The minimum Gasteiger partial charge on any atom is -0.493 e. The fraction of sp³-hybridized carbons (Fsp3) is 0.0833. The molecule has 10 heteroatoms. The van der Waals surface area contributed by atoms with E-state index >= 15 is 0 Å². The van der Waals surface area contributed by atoms with E-state index in [0.29, 0.717) is 16.8 Å². The van der Waals surface area contributed by atoms with E-state index in [1.807, 2.05) is 0 Å². The summed E-state index contributed by atoms with van der Waals surface area (Å²) >= 11 is 6.34. The second-order valence-electron chi connectivity index (χ2n) is 6.85. The molecule has 0 spiro atoms. The molecule has 0 aliphatic rings. The number of amides is 1. The first-order valence-corrected chi connectivity index (χ1v) is 10.1. The molecular formula is C24H17ClFN3O5. The summed E-state index contributed by atoms with van der Waals surface area (Å²) in [5.74, 6) is -0.551. The number of benzene rings is 3. The number of carbonyl (C=O) groups is 1. The van der Waals surface area contributed by atoms with Crippen LogP contribution in [0.4, 0.5) is 15.8 Å². The van der Waals surface area contributed by atoms with Crippen LogP contribution in [0.3, 0.4) is 0 Å². The highest BCUT2D eigenvalue weighted by molar-refractivity contribution is 6.32. The van der Waals surface area contributed by atoms with Crippen molar-refractivity contribution in [1.82, 2.24) is 0 Å². The van der Waals surface area contributed by atoms with Crippen LogP contribution in [0.25, 0.3) is 11.6 Å². The number of ether oxygens (including phenoxy) is 2. The van der Waals surface area contributed by atoms with Crippen molar-refractivity contribution in [2.24, 2.45) is 0 Å². The van der Waals surface area contributed by atoms with Gasteiger partial charge in [0.05, 0.1) is 28.7 Å². The zero-order chi connectivity index (χ0) is 24.7. The van der Waals surface area contributed by atoms with Gasteiger partial charge in [0.1, 0.15) is 5.82 Å². The summed E-state index contributed by atoms with van der Waals surface area (Å²) in [4.78, 5) is 22.5. The van der Waals surface area contributed by atoms with Gasteiger partial charge in [0, 0.05) is 17.8 Å². The number of carbonyl (C=O) groups excluding carboxylic acids is 1. The molecule has 172 valence electrons. The van der Waals surface area contributed by atoms with E-state index in [1.54, 1.807) is 12.1 Å². The molecule has 0 heterocycles. The van der Waals surface area contributed by atoms with Gasteiger partial charge in [0.15, 0.2) is 18.1 Å². The summed E-state index contributed by atoms with van der Waals surface area (Å²) in [6.45, 7) is -0.380. The molecule has 0 unspecified atom stereocenters. The highest BCUT2D eigenvalue weighted by atomic mass is 35.5. The maximum Gasteiger partial charge on any atom is 0.269 e. The van der Waals surface area contributed by atoms with Crippen molar-refractivity contribution < 1.29 is 23.6 Å². The number of methoxy groups -OCH3 is 1. The molecule has 0 bridgehead atoms. The van der Waals surface area contributed by atoms with E-state index in [2.05, 4.69) is 11.4 Å². The first-order valence-electron chi connectivity index (χ1n) is 9.73. The Morgan fingerprint density at radius 1 is 1.21 bits per heavy atom. The molecule has 1 amide bonds. The third-order valence-corrected chi connectivity index (χ3v) is 4.83. The number of halogens is 2. The number of non-ortho nitro benzene ring substituents is 1. The van der Waals surface area contributed by atoms with Crippen molar-refractivity contribution in [2.45, 2.75) is 0 Å². The van der Waals surface area contributed by atoms with Gasteiger partial charge in [-0.1, -0.05) is 11.6 Å². The van der Waals surface area contributed by atoms with Crippen molar-refractivity contribution in [2.75, 3.05) is 19.0 Å². The quantitative estimate of drug-likeness (QED) is 0.197. The minimum atomic E-state index is -0.525. The molecule has 0 saturated heterocycles. The summed E-state index contributed by atoms with van der Waals surface area (Å²) in [7, 11) is 1.39. The Bertz CT molecular complexity index is 1290. The fourth-order valence-electron chi connectivity index (χ4n) is 2.94. The molecule has 3 aromatic rings. The van der Waals surface area contributed by atoms with Crippen molar-refractivity contribution in [3.8, 4) is 17.6 Å². The molecule has 8 nitrogen and oxygen atoms in total. The number of anilines is 1. The summed E-state index contributed by atoms with van der Waals surface area (Å²) < 4.78 is 23.8. The largest absolute Gasteiger partial charge is 0.493 e. The number of allylic oxidation sites excluding steroid dienone is 1. The Hall–Kier alpha value is -4.42. The molecule has 3 aromatic carbocycles. The Labute approximate surface area is 198 Å². The lowest BCUT2D eigenvalue weighted by Crippen LogP contribution is -2.20. The van der Waals surface area contributed by atoms with E-state index in [-0.39, 0.29) is 34.4 Å². The number of nitrogens with one attached hydrogen (secondary N) is 1. The number of nitrogens with zero attached hydrogens (tertiary/aromatic N) is 2. The van der Waals surface area contributed by atoms with Crippen molar-refractivity contribution in [3.63, 3.8) is 0 Å². The van der Waals surface area contributed by atoms with Gasteiger partial charge in [-0.2, -0.15) is 5.26 Å². The van der Waals surface area contributed by atoms with Crippen LogP contribution in [0, 0.1) is 27.3 Å². The molecule has 0 atom stereocenters. The fourth-order valence-corrected chi connectivity index (χ4v) is 3.21. The van der Waals surface area contributed by atoms with E-state index in [9.17, 15) is 24.6 Å². The molecule has 3 rings (SSSR count). The van der Waals surface area contributed by atoms with Crippen LogP contribution in [-0.4, -0.2) is 24.5 Å². The lowest BCUT2D eigenvalue weighted by Gasteiger charge is -2.13. The third kappa shape index (κ3) is 6.09. The molecule has 34 heavy (non-hydrogen) atoms. The van der Waals surface area contributed by atoms with Crippen LogP contribution < -0.4 is 14.8 Å².